The molecule has 0 bridgehead atoms. The van der Waals surface area contributed by atoms with E-state index in [1.54, 1.807) is 12.3 Å². The van der Waals surface area contributed by atoms with Gasteiger partial charge < -0.3 is 5.32 Å². The molecule has 3 heteroatoms. The fraction of sp³-hybridized carbons (Fsp3) is 0.214. The monoisotopic (exact) mass is 230 g/mol. The van der Waals surface area contributed by atoms with Crippen LogP contribution in [0.1, 0.15) is 11.1 Å². The molecule has 0 amide bonds. The van der Waals surface area contributed by atoms with E-state index in [2.05, 4.69) is 10.3 Å². The Morgan fingerprint density at radius 2 is 2.12 bits per heavy atom. The average Bonchev–Trinajstić information content (AvgIpc) is 2.33. The summed E-state index contributed by atoms with van der Waals surface area (Å²) in [6, 6.07) is 7.15. The molecule has 2 nitrogen and oxygen atoms in total. The van der Waals surface area contributed by atoms with Gasteiger partial charge in [-0.25, -0.2) is 4.39 Å². The maximum Gasteiger partial charge on any atom is 0.127 e. The molecule has 0 aliphatic carbocycles. The first-order valence-corrected chi connectivity index (χ1v) is 5.56. The molecular weight excluding hydrogens is 215 g/mol. The van der Waals surface area contributed by atoms with Crippen LogP contribution in [0.25, 0.3) is 11.1 Å². The van der Waals surface area contributed by atoms with E-state index >= 15 is 0 Å². The van der Waals surface area contributed by atoms with Gasteiger partial charge in [-0.3, -0.25) is 4.98 Å². The maximum absolute atomic E-state index is 13.5. The number of hydrogen-bond donors (Lipinski definition) is 1. The highest BCUT2D eigenvalue weighted by Gasteiger charge is 2.06. The van der Waals surface area contributed by atoms with Crippen molar-refractivity contribution in [2.75, 3.05) is 7.05 Å². The average molecular weight is 230 g/mol. The standard InChI is InChI=1S/C14H15FN2/c1-10-8-17-6-5-13(10)11-3-4-14(15)12(7-11)9-16-2/h3-8,16H,9H2,1-2H3. The van der Waals surface area contributed by atoms with E-state index in [9.17, 15) is 4.39 Å². The largest absolute Gasteiger partial charge is 0.316 e. The summed E-state index contributed by atoms with van der Waals surface area (Å²) in [6.07, 6.45) is 3.57. The fourth-order valence-electron chi connectivity index (χ4n) is 1.87. The number of nitrogens with one attached hydrogen (secondary N) is 1. The fourth-order valence-corrected chi connectivity index (χ4v) is 1.87. The van der Waals surface area contributed by atoms with Gasteiger partial charge in [-0.1, -0.05) is 6.07 Å². The van der Waals surface area contributed by atoms with Crippen molar-refractivity contribution in [3.8, 4) is 11.1 Å². The molecule has 0 saturated heterocycles. The molecule has 17 heavy (non-hydrogen) atoms. The summed E-state index contributed by atoms with van der Waals surface area (Å²) in [4.78, 5) is 4.06. The Hall–Kier alpha value is -1.74. The van der Waals surface area contributed by atoms with Crippen LogP contribution in [0.4, 0.5) is 4.39 Å². The van der Waals surface area contributed by atoms with Gasteiger partial charge in [0, 0.05) is 24.5 Å². The molecule has 1 aromatic carbocycles. The number of halogens is 1. The van der Waals surface area contributed by atoms with Gasteiger partial charge in [-0.15, -0.1) is 0 Å². The summed E-state index contributed by atoms with van der Waals surface area (Å²) in [6.45, 7) is 2.53. The molecule has 0 atom stereocenters. The Bertz CT molecular complexity index is 523. The third kappa shape index (κ3) is 2.50. The normalized spacial score (nSPS) is 10.5. The van der Waals surface area contributed by atoms with Crippen LogP contribution in [0, 0.1) is 12.7 Å². The highest BCUT2D eigenvalue weighted by molar-refractivity contribution is 5.67. The zero-order valence-corrected chi connectivity index (χ0v) is 10.00. The molecule has 0 spiro atoms. The van der Waals surface area contributed by atoms with Crippen molar-refractivity contribution in [2.45, 2.75) is 13.5 Å². The summed E-state index contributed by atoms with van der Waals surface area (Å²) >= 11 is 0. The van der Waals surface area contributed by atoms with Crippen LogP contribution in [0.2, 0.25) is 0 Å². The first-order chi connectivity index (χ1) is 8.22. The SMILES string of the molecule is CNCc1cc(-c2ccncc2C)ccc1F. The Kier molecular flexibility index (Phi) is 3.49. The van der Waals surface area contributed by atoms with Crippen molar-refractivity contribution >= 4 is 0 Å². The molecule has 88 valence electrons. The first-order valence-electron chi connectivity index (χ1n) is 5.56. The van der Waals surface area contributed by atoms with Gasteiger partial charge in [0.1, 0.15) is 5.82 Å². The molecule has 1 heterocycles. The van der Waals surface area contributed by atoms with Gasteiger partial charge in [0.25, 0.3) is 0 Å². The van der Waals surface area contributed by atoms with Crippen molar-refractivity contribution in [1.82, 2.24) is 10.3 Å². The van der Waals surface area contributed by atoms with E-state index in [0.29, 0.717) is 12.1 Å². The van der Waals surface area contributed by atoms with Gasteiger partial charge >= 0.3 is 0 Å². The molecular formula is C14H15FN2. The zero-order chi connectivity index (χ0) is 12.3. The lowest BCUT2D eigenvalue weighted by atomic mass is 10.0. The third-order valence-electron chi connectivity index (χ3n) is 2.74. The van der Waals surface area contributed by atoms with E-state index in [0.717, 1.165) is 16.7 Å². The smallest absolute Gasteiger partial charge is 0.127 e. The van der Waals surface area contributed by atoms with E-state index in [4.69, 9.17) is 0 Å². The highest BCUT2D eigenvalue weighted by atomic mass is 19.1. The molecule has 2 aromatic rings. The van der Waals surface area contributed by atoms with Crippen LogP contribution in [0.3, 0.4) is 0 Å². The number of aromatic nitrogens is 1. The second-order valence-corrected chi connectivity index (χ2v) is 4.03. The van der Waals surface area contributed by atoms with Crippen molar-refractivity contribution in [3.05, 3.63) is 53.6 Å². The zero-order valence-electron chi connectivity index (χ0n) is 10.00. The van der Waals surface area contributed by atoms with Crippen LogP contribution in [0.5, 0.6) is 0 Å². The van der Waals surface area contributed by atoms with Gasteiger partial charge in [0.15, 0.2) is 0 Å². The molecule has 1 aromatic heterocycles. The van der Waals surface area contributed by atoms with Gasteiger partial charge in [-0.2, -0.15) is 0 Å². The molecule has 0 aliphatic heterocycles. The minimum atomic E-state index is -0.171. The van der Waals surface area contributed by atoms with Crippen molar-refractivity contribution in [3.63, 3.8) is 0 Å². The second-order valence-electron chi connectivity index (χ2n) is 4.03. The van der Waals surface area contributed by atoms with E-state index in [-0.39, 0.29) is 5.82 Å². The van der Waals surface area contributed by atoms with Crippen LogP contribution in [-0.2, 0) is 6.54 Å². The molecule has 0 saturated carbocycles. The highest BCUT2D eigenvalue weighted by Crippen LogP contribution is 2.24. The van der Waals surface area contributed by atoms with Crippen molar-refractivity contribution in [1.29, 1.82) is 0 Å². The number of pyridine rings is 1. The minimum Gasteiger partial charge on any atom is -0.316 e. The summed E-state index contributed by atoms with van der Waals surface area (Å²) < 4.78 is 13.5. The minimum absolute atomic E-state index is 0.171. The van der Waals surface area contributed by atoms with E-state index in [1.165, 1.54) is 6.07 Å². The quantitative estimate of drug-likeness (QED) is 0.877. The van der Waals surface area contributed by atoms with Crippen molar-refractivity contribution in [2.24, 2.45) is 0 Å². The van der Waals surface area contributed by atoms with Crippen LogP contribution >= 0.6 is 0 Å². The van der Waals surface area contributed by atoms with E-state index < -0.39 is 0 Å². The summed E-state index contributed by atoms with van der Waals surface area (Å²) in [5, 5.41) is 2.97. The third-order valence-corrected chi connectivity index (χ3v) is 2.74. The lowest BCUT2D eigenvalue weighted by Gasteiger charge is -2.08. The van der Waals surface area contributed by atoms with Crippen molar-refractivity contribution < 1.29 is 4.39 Å². The van der Waals surface area contributed by atoms with Crippen LogP contribution < -0.4 is 5.32 Å². The lowest BCUT2D eigenvalue weighted by molar-refractivity contribution is 0.601. The number of nitrogens with zero attached hydrogens (tertiary/aromatic N) is 1. The maximum atomic E-state index is 13.5. The Morgan fingerprint density at radius 1 is 1.29 bits per heavy atom. The number of aryl methyl sites for hydroxylation is 1. The topological polar surface area (TPSA) is 24.9 Å². The summed E-state index contributed by atoms with van der Waals surface area (Å²) in [5.74, 6) is -0.171. The molecule has 2 rings (SSSR count). The molecule has 0 radical (unpaired) electrons. The predicted molar refractivity (Wildman–Crippen MR) is 67.1 cm³/mol. The van der Waals surface area contributed by atoms with Crippen LogP contribution in [-0.4, -0.2) is 12.0 Å². The molecule has 1 N–H and O–H groups in total. The summed E-state index contributed by atoms with van der Waals surface area (Å²) in [5.41, 5.74) is 3.89. The van der Waals surface area contributed by atoms with Gasteiger partial charge in [0.2, 0.25) is 0 Å². The molecule has 0 unspecified atom stereocenters. The number of rotatable bonds is 3. The Labute approximate surface area is 101 Å². The predicted octanol–water partition coefficient (Wildman–Crippen LogP) is 2.92. The van der Waals surface area contributed by atoms with Crippen LogP contribution in [0.15, 0.2) is 36.7 Å². The number of hydrogen-bond acceptors (Lipinski definition) is 2. The molecule has 0 fully saturated rings. The van der Waals surface area contributed by atoms with Gasteiger partial charge in [-0.05, 0) is 48.9 Å². The summed E-state index contributed by atoms with van der Waals surface area (Å²) in [7, 11) is 1.81. The second kappa shape index (κ2) is 5.06. The lowest BCUT2D eigenvalue weighted by Crippen LogP contribution is -2.07. The molecule has 0 aliphatic rings. The Morgan fingerprint density at radius 3 is 2.82 bits per heavy atom. The van der Waals surface area contributed by atoms with E-state index in [1.807, 2.05) is 32.3 Å². The number of benzene rings is 1. The first kappa shape index (κ1) is 11.7. The Balaban J connectivity index is 2.46. The van der Waals surface area contributed by atoms with Gasteiger partial charge in [0.05, 0.1) is 0 Å².